The van der Waals surface area contributed by atoms with Crippen molar-refractivity contribution in [1.82, 2.24) is 0 Å². The first-order valence-electron chi connectivity index (χ1n) is 8.09. The Hall–Kier alpha value is -2.02. The third-order valence-electron chi connectivity index (χ3n) is 4.27. The van der Waals surface area contributed by atoms with Crippen LogP contribution in [0.15, 0.2) is 30.3 Å². The highest BCUT2D eigenvalue weighted by molar-refractivity contribution is 6.44. The molecule has 1 amide bonds. The molecule has 6 nitrogen and oxygen atoms in total. The zero-order chi connectivity index (χ0) is 19.9. The van der Waals surface area contributed by atoms with Gasteiger partial charge in [-0.2, -0.15) is 0 Å². The highest BCUT2D eigenvalue weighted by Crippen LogP contribution is 2.41. The molecule has 2 aromatic rings. The summed E-state index contributed by atoms with van der Waals surface area (Å²) < 4.78 is 5.76. The number of non-ortho nitro benzene ring substituents is 1. The summed E-state index contributed by atoms with van der Waals surface area (Å²) in [5.41, 5.74) is 0.784. The van der Waals surface area contributed by atoms with E-state index in [1.54, 1.807) is 12.1 Å². The van der Waals surface area contributed by atoms with Crippen LogP contribution in [0.4, 0.5) is 11.4 Å². The van der Waals surface area contributed by atoms with Crippen LogP contribution in [-0.2, 0) is 11.3 Å². The minimum absolute atomic E-state index is 0.0639. The van der Waals surface area contributed by atoms with Crippen LogP contribution < -0.4 is 9.64 Å². The summed E-state index contributed by atoms with van der Waals surface area (Å²) in [7, 11) is 0. The summed E-state index contributed by atoms with van der Waals surface area (Å²) in [6.07, 6.45) is -0.781. The summed E-state index contributed by atoms with van der Waals surface area (Å²) in [6, 6.07) is 7.29. The lowest BCUT2D eigenvalue weighted by molar-refractivity contribution is -0.384. The van der Waals surface area contributed by atoms with E-state index in [0.29, 0.717) is 21.3 Å². The van der Waals surface area contributed by atoms with E-state index >= 15 is 0 Å². The maximum Gasteiger partial charge on any atom is 0.273 e. The van der Waals surface area contributed by atoms with Crippen molar-refractivity contribution < 1.29 is 14.5 Å². The van der Waals surface area contributed by atoms with Gasteiger partial charge in [0.1, 0.15) is 0 Å². The molecule has 0 spiro atoms. The normalized spacial score (nSPS) is 16.3. The largest absolute Gasteiger partial charge is 0.478 e. The number of nitro groups is 1. The van der Waals surface area contributed by atoms with Crippen molar-refractivity contribution in [3.63, 3.8) is 0 Å². The Balaban J connectivity index is 2.10. The Morgan fingerprint density at radius 3 is 2.48 bits per heavy atom. The number of anilines is 1. The molecule has 0 bridgehead atoms. The first kappa shape index (κ1) is 19.7. The summed E-state index contributed by atoms with van der Waals surface area (Å²) in [5.74, 6) is -0.159. The van der Waals surface area contributed by atoms with Crippen molar-refractivity contribution in [3.05, 3.63) is 61.1 Å². The van der Waals surface area contributed by atoms with Crippen LogP contribution in [0.3, 0.4) is 0 Å². The predicted octanol–water partition coefficient (Wildman–Crippen LogP) is 5.51. The van der Waals surface area contributed by atoms with Crippen LogP contribution in [0.2, 0.25) is 15.1 Å². The van der Waals surface area contributed by atoms with E-state index in [1.165, 1.54) is 23.1 Å². The lowest BCUT2D eigenvalue weighted by Crippen LogP contribution is -2.48. The van der Waals surface area contributed by atoms with E-state index in [-0.39, 0.29) is 34.8 Å². The minimum Gasteiger partial charge on any atom is -0.478 e. The SMILES string of the molecule is CC(C)C1Oc2cc([N+](=O)[O-])ccc2N(Cc2c(Cl)ccc(Cl)c2Cl)C1=O. The lowest BCUT2D eigenvalue weighted by Gasteiger charge is -2.36. The van der Waals surface area contributed by atoms with Gasteiger partial charge in [0.15, 0.2) is 11.9 Å². The quantitative estimate of drug-likeness (QED) is 0.365. The molecule has 0 aliphatic carbocycles. The number of benzene rings is 2. The zero-order valence-electron chi connectivity index (χ0n) is 14.4. The van der Waals surface area contributed by atoms with Gasteiger partial charge in [0.25, 0.3) is 11.6 Å². The highest BCUT2D eigenvalue weighted by atomic mass is 35.5. The molecule has 0 radical (unpaired) electrons. The Kier molecular flexibility index (Phi) is 5.51. The fourth-order valence-electron chi connectivity index (χ4n) is 2.85. The number of rotatable bonds is 4. The molecule has 0 aromatic heterocycles. The standard InChI is InChI=1S/C18H15Cl3N2O4/c1-9(2)17-18(24)22(8-11-12(19)4-5-13(20)16(11)21)14-6-3-10(23(25)26)7-15(14)27-17/h3-7,9,17H,8H2,1-2H3. The van der Waals surface area contributed by atoms with E-state index in [4.69, 9.17) is 39.5 Å². The lowest BCUT2D eigenvalue weighted by atomic mass is 10.0. The molecule has 1 heterocycles. The maximum atomic E-state index is 13.0. The Morgan fingerprint density at radius 1 is 1.19 bits per heavy atom. The van der Waals surface area contributed by atoms with Crippen LogP contribution in [0.25, 0.3) is 0 Å². The smallest absolute Gasteiger partial charge is 0.273 e. The van der Waals surface area contributed by atoms with Crippen molar-refractivity contribution >= 4 is 52.1 Å². The van der Waals surface area contributed by atoms with Crippen molar-refractivity contribution in [2.24, 2.45) is 5.92 Å². The summed E-state index contributed by atoms with van der Waals surface area (Å²) in [6.45, 7) is 3.74. The molecule has 0 fully saturated rings. The molecular weight excluding hydrogens is 415 g/mol. The monoisotopic (exact) mass is 428 g/mol. The number of fused-ring (bicyclic) bond motifs is 1. The predicted molar refractivity (Wildman–Crippen MR) is 105 cm³/mol. The number of nitro benzene ring substituents is 1. The first-order valence-corrected chi connectivity index (χ1v) is 9.23. The van der Waals surface area contributed by atoms with E-state index in [2.05, 4.69) is 0 Å². The van der Waals surface area contributed by atoms with Crippen LogP contribution >= 0.6 is 34.8 Å². The van der Waals surface area contributed by atoms with Gasteiger partial charge in [-0.05, 0) is 24.1 Å². The van der Waals surface area contributed by atoms with Gasteiger partial charge >= 0.3 is 0 Å². The number of nitrogens with zero attached hydrogens (tertiary/aromatic N) is 2. The molecule has 1 aliphatic heterocycles. The number of carbonyl (C=O) groups is 1. The molecule has 0 N–H and O–H groups in total. The second-order valence-corrected chi connectivity index (χ2v) is 7.63. The summed E-state index contributed by atoms with van der Waals surface area (Å²) in [4.78, 5) is 25.0. The van der Waals surface area contributed by atoms with Crippen molar-refractivity contribution in [2.45, 2.75) is 26.5 Å². The average molecular weight is 430 g/mol. The van der Waals surface area contributed by atoms with Crippen molar-refractivity contribution in [2.75, 3.05) is 4.90 Å². The topological polar surface area (TPSA) is 72.7 Å². The molecule has 2 aromatic carbocycles. The number of amides is 1. The second-order valence-electron chi connectivity index (χ2n) is 6.44. The Labute approximate surface area is 170 Å². The van der Waals surface area contributed by atoms with E-state index < -0.39 is 11.0 Å². The third-order valence-corrected chi connectivity index (χ3v) is 5.47. The molecule has 3 rings (SSSR count). The van der Waals surface area contributed by atoms with Gasteiger partial charge in [-0.3, -0.25) is 14.9 Å². The fourth-order valence-corrected chi connectivity index (χ4v) is 3.52. The van der Waals surface area contributed by atoms with Crippen LogP contribution in [0.1, 0.15) is 19.4 Å². The molecule has 9 heteroatoms. The molecule has 1 unspecified atom stereocenters. The average Bonchev–Trinajstić information content (AvgIpc) is 2.62. The molecule has 0 saturated carbocycles. The molecule has 142 valence electrons. The highest BCUT2D eigenvalue weighted by Gasteiger charge is 2.37. The molecular formula is C18H15Cl3N2O4. The van der Waals surface area contributed by atoms with Crippen molar-refractivity contribution in [1.29, 1.82) is 0 Å². The Bertz CT molecular complexity index is 933. The number of ether oxygens (including phenoxy) is 1. The molecule has 27 heavy (non-hydrogen) atoms. The summed E-state index contributed by atoms with van der Waals surface area (Å²) >= 11 is 18.6. The van der Waals surface area contributed by atoms with Gasteiger partial charge < -0.3 is 9.64 Å². The summed E-state index contributed by atoms with van der Waals surface area (Å²) in [5, 5.41) is 12.0. The number of hydrogen-bond acceptors (Lipinski definition) is 4. The van der Waals surface area contributed by atoms with E-state index in [0.717, 1.165) is 0 Å². The number of hydrogen-bond donors (Lipinski definition) is 0. The van der Waals surface area contributed by atoms with Gasteiger partial charge in [-0.1, -0.05) is 48.7 Å². The van der Waals surface area contributed by atoms with Gasteiger partial charge in [0, 0.05) is 16.7 Å². The van der Waals surface area contributed by atoms with Crippen molar-refractivity contribution in [3.8, 4) is 5.75 Å². The van der Waals surface area contributed by atoms with Gasteiger partial charge in [-0.15, -0.1) is 0 Å². The van der Waals surface area contributed by atoms with Gasteiger partial charge in [-0.25, -0.2) is 0 Å². The van der Waals surface area contributed by atoms with Crippen LogP contribution in [0.5, 0.6) is 5.75 Å². The van der Waals surface area contributed by atoms with E-state index in [9.17, 15) is 14.9 Å². The fraction of sp³-hybridized carbons (Fsp3) is 0.278. The van der Waals surface area contributed by atoms with E-state index in [1.807, 2.05) is 13.8 Å². The third kappa shape index (κ3) is 3.70. The van der Waals surface area contributed by atoms with Gasteiger partial charge in [0.2, 0.25) is 0 Å². The minimum atomic E-state index is -0.781. The first-order chi connectivity index (χ1) is 12.7. The van der Waals surface area contributed by atoms with Gasteiger partial charge in [0.05, 0.1) is 33.3 Å². The number of carbonyl (C=O) groups excluding carboxylic acids is 1. The Morgan fingerprint density at radius 2 is 1.85 bits per heavy atom. The second kappa shape index (κ2) is 7.54. The van der Waals surface area contributed by atoms with Crippen LogP contribution in [-0.4, -0.2) is 16.9 Å². The van der Waals surface area contributed by atoms with Crippen LogP contribution in [0, 0.1) is 16.0 Å². The molecule has 1 aliphatic rings. The maximum absolute atomic E-state index is 13.0. The molecule has 1 atom stereocenters. The molecule has 0 saturated heterocycles. The number of halogens is 3. The zero-order valence-corrected chi connectivity index (χ0v) is 16.7.